The molecule has 0 spiro atoms. The molecule has 5 aromatic rings. The molecule has 13 nitrogen and oxygen atoms in total. The van der Waals surface area contributed by atoms with Gasteiger partial charge in [-0.1, -0.05) is 24.3 Å². The summed E-state index contributed by atoms with van der Waals surface area (Å²) in [6.07, 6.45) is 4.48. The van der Waals surface area contributed by atoms with E-state index in [-0.39, 0.29) is 0 Å². The van der Waals surface area contributed by atoms with E-state index in [1.807, 2.05) is 60.8 Å². The third kappa shape index (κ3) is 7.77. The number of morpholine rings is 1. The fourth-order valence-corrected chi connectivity index (χ4v) is 5.39. The molecular formula is C34H40N8O5. The summed E-state index contributed by atoms with van der Waals surface area (Å²) in [4.78, 5) is 19.0. The molecule has 0 radical (unpaired) electrons. The van der Waals surface area contributed by atoms with Crippen molar-refractivity contribution < 1.29 is 24.1 Å². The van der Waals surface area contributed by atoms with Gasteiger partial charge in [0.1, 0.15) is 28.9 Å². The lowest BCUT2D eigenvalue weighted by atomic mass is 10.1. The number of benzene rings is 2. The Morgan fingerprint density at radius 2 is 1.53 bits per heavy atom. The van der Waals surface area contributed by atoms with Crippen LogP contribution in [-0.4, -0.2) is 90.5 Å². The largest absolute Gasteiger partial charge is 0.497 e. The molecule has 47 heavy (non-hydrogen) atoms. The van der Waals surface area contributed by atoms with Crippen molar-refractivity contribution in [2.45, 2.75) is 19.3 Å². The highest BCUT2D eigenvalue weighted by atomic mass is 16.5. The molecule has 4 heterocycles. The Labute approximate surface area is 273 Å². The number of aliphatic hydroxyl groups excluding tert-OH is 1. The highest BCUT2D eigenvalue weighted by Crippen LogP contribution is 2.28. The quantitative estimate of drug-likeness (QED) is 0.136. The van der Waals surface area contributed by atoms with Crippen molar-refractivity contribution in [3.8, 4) is 22.8 Å². The number of methoxy groups -OCH3 is 3. The summed E-state index contributed by atoms with van der Waals surface area (Å²) in [5.74, 6) is 2.95. The van der Waals surface area contributed by atoms with Crippen LogP contribution in [0.4, 0.5) is 11.8 Å². The third-order valence-corrected chi connectivity index (χ3v) is 7.97. The number of aromatic nitrogens is 5. The number of hydrogen-bond donors (Lipinski definition) is 2. The SMILES string of the molecule is COCCNC(O)c1cc2c(N3CCOCC3)nc(-c3cnc(N(Cc4ccc(OC)cc4)Cc4ccc(OC)cc4)nc3)cn2n1. The van der Waals surface area contributed by atoms with Gasteiger partial charge in [-0.15, -0.1) is 0 Å². The topological polar surface area (TPSA) is 132 Å². The Morgan fingerprint density at radius 1 is 0.915 bits per heavy atom. The molecular weight excluding hydrogens is 600 g/mol. The van der Waals surface area contributed by atoms with Crippen molar-refractivity contribution in [3.63, 3.8) is 0 Å². The first-order valence-electron chi connectivity index (χ1n) is 15.5. The van der Waals surface area contributed by atoms with Crippen LogP contribution in [0.2, 0.25) is 0 Å². The number of nitrogens with zero attached hydrogens (tertiary/aromatic N) is 7. The molecule has 6 rings (SSSR count). The zero-order chi connectivity index (χ0) is 32.6. The van der Waals surface area contributed by atoms with E-state index in [9.17, 15) is 5.11 Å². The lowest BCUT2D eigenvalue weighted by Gasteiger charge is -2.28. The minimum atomic E-state index is -0.948. The van der Waals surface area contributed by atoms with Crippen LogP contribution in [0.3, 0.4) is 0 Å². The van der Waals surface area contributed by atoms with Crippen molar-refractivity contribution in [3.05, 3.63) is 90.0 Å². The predicted molar refractivity (Wildman–Crippen MR) is 178 cm³/mol. The summed E-state index contributed by atoms with van der Waals surface area (Å²) in [7, 11) is 4.94. The summed E-state index contributed by atoms with van der Waals surface area (Å²) < 4.78 is 23.2. The first kappa shape index (κ1) is 32.1. The second kappa shape index (κ2) is 15.2. The molecule has 0 amide bonds. The van der Waals surface area contributed by atoms with E-state index < -0.39 is 6.23 Å². The normalized spacial score (nSPS) is 13.9. The molecule has 1 aliphatic rings. The van der Waals surface area contributed by atoms with E-state index in [2.05, 4.69) is 15.1 Å². The number of fused-ring (bicyclic) bond motifs is 1. The van der Waals surface area contributed by atoms with E-state index in [1.165, 1.54) is 0 Å². The number of anilines is 2. The van der Waals surface area contributed by atoms with Crippen LogP contribution in [-0.2, 0) is 22.6 Å². The van der Waals surface area contributed by atoms with Crippen LogP contribution in [0.15, 0.2) is 73.2 Å². The number of rotatable bonds is 14. The molecule has 1 unspecified atom stereocenters. The molecule has 1 saturated heterocycles. The van der Waals surface area contributed by atoms with Crippen LogP contribution in [0.1, 0.15) is 23.0 Å². The van der Waals surface area contributed by atoms with Gasteiger partial charge in [-0.05, 0) is 41.5 Å². The minimum Gasteiger partial charge on any atom is -0.497 e. The fourth-order valence-electron chi connectivity index (χ4n) is 5.39. The van der Waals surface area contributed by atoms with E-state index in [1.54, 1.807) is 38.2 Å². The highest BCUT2D eigenvalue weighted by Gasteiger charge is 2.22. The van der Waals surface area contributed by atoms with E-state index in [0.717, 1.165) is 39.5 Å². The van der Waals surface area contributed by atoms with Crippen LogP contribution < -0.4 is 24.6 Å². The van der Waals surface area contributed by atoms with Crippen LogP contribution >= 0.6 is 0 Å². The summed E-state index contributed by atoms with van der Waals surface area (Å²) in [5.41, 5.74) is 4.90. The van der Waals surface area contributed by atoms with E-state index in [4.69, 9.17) is 39.0 Å². The molecule has 1 aliphatic heterocycles. The van der Waals surface area contributed by atoms with Gasteiger partial charge in [-0.25, -0.2) is 19.5 Å². The van der Waals surface area contributed by atoms with Gasteiger partial charge in [0.2, 0.25) is 5.95 Å². The van der Waals surface area contributed by atoms with Crippen LogP contribution in [0.25, 0.3) is 16.8 Å². The third-order valence-electron chi connectivity index (χ3n) is 7.97. The average molecular weight is 641 g/mol. The molecule has 1 fully saturated rings. The Morgan fingerprint density at radius 3 is 2.11 bits per heavy atom. The molecule has 3 aromatic heterocycles. The highest BCUT2D eigenvalue weighted by molar-refractivity contribution is 5.73. The summed E-state index contributed by atoms with van der Waals surface area (Å²) in [5, 5.41) is 18.5. The smallest absolute Gasteiger partial charge is 0.225 e. The Balaban J connectivity index is 1.31. The Kier molecular flexibility index (Phi) is 10.4. The lowest BCUT2D eigenvalue weighted by Crippen LogP contribution is -2.37. The zero-order valence-electron chi connectivity index (χ0n) is 26.9. The van der Waals surface area contributed by atoms with Gasteiger partial charge >= 0.3 is 0 Å². The summed E-state index contributed by atoms with van der Waals surface area (Å²) in [6, 6.07) is 17.9. The maximum absolute atomic E-state index is 10.7. The Bertz CT molecular complexity index is 1680. The molecule has 2 aromatic carbocycles. The number of ether oxygens (including phenoxy) is 4. The van der Waals surface area contributed by atoms with Gasteiger partial charge < -0.3 is 33.9 Å². The van der Waals surface area contributed by atoms with Crippen molar-refractivity contribution in [2.75, 3.05) is 70.6 Å². The van der Waals surface area contributed by atoms with Crippen molar-refractivity contribution in [1.29, 1.82) is 0 Å². The first-order valence-corrected chi connectivity index (χ1v) is 15.5. The standard InChI is InChI=1S/C34H40N8O5/c1-44-15-12-35-33(43)29-18-31-32(40-13-16-47-17-14-40)38-30(23-42(31)39-29)26-19-36-34(37-20-26)41(21-24-4-8-27(45-2)9-5-24)22-25-6-10-28(46-3)11-7-25/h4-11,18-20,23,33,35,43H,12-17,21-22H2,1-3H3. The van der Waals surface area contributed by atoms with Gasteiger partial charge in [0, 0.05) is 57.8 Å². The van der Waals surface area contributed by atoms with Crippen LogP contribution in [0, 0.1) is 0 Å². The van der Waals surface area contributed by atoms with Gasteiger partial charge in [0.25, 0.3) is 0 Å². The maximum Gasteiger partial charge on any atom is 0.225 e. The van der Waals surface area contributed by atoms with Crippen molar-refractivity contribution in [2.24, 2.45) is 0 Å². The van der Waals surface area contributed by atoms with Gasteiger partial charge in [-0.3, -0.25) is 5.32 Å². The second-order valence-corrected chi connectivity index (χ2v) is 11.1. The molecule has 1 atom stereocenters. The van der Waals surface area contributed by atoms with E-state index in [0.29, 0.717) is 69.9 Å². The molecule has 0 saturated carbocycles. The predicted octanol–water partition coefficient (Wildman–Crippen LogP) is 3.47. The van der Waals surface area contributed by atoms with Gasteiger partial charge in [-0.2, -0.15) is 5.10 Å². The number of hydrogen-bond acceptors (Lipinski definition) is 12. The Hall–Kier alpha value is -4.82. The molecule has 0 aliphatic carbocycles. The summed E-state index contributed by atoms with van der Waals surface area (Å²) >= 11 is 0. The van der Waals surface area contributed by atoms with Gasteiger partial charge in [0.05, 0.1) is 45.9 Å². The molecule has 0 bridgehead atoms. The minimum absolute atomic E-state index is 0.475. The lowest BCUT2D eigenvalue weighted by molar-refractivity contribution is 0.115. The number of nitrogens with one attached hydrogen (secondary N) is 1. The fraction of sp³-hybridized carbons (Fsp3) is 0.353. The molecule has 13 heteroatoms. The van der Waals surface area contributed by atoms with Crippen LogP contribution in [0.5, 0.6) is 11.5 Å². The maximum atomic E-state index is 10.7. The molecule has 246 valence electrons. The van der Waals surface area contributed by atoms with Gasteiger partial charge in [0.15, 0.2) is 5.82 Å². The van der Waals surface area contributed by atoms with E-state index >= 15 is 0 Å². The average Bonchev–Trinajstić information content (AvgIpc) is 3.57. The summed E-state index contributed by atoms with van der Waals surface area (Å²) in [6.45, 7) is 4.76. The zero-order valence-corrected chi connectivity index (χ0v) is 26.9. The molecule has 2 N–H and O–H groups in total. The number of aliphatic hydroxyl groups is 1. The van der Waals surface area contributed by atoms with Crippen molar-refractivity contribution in [1.82, 2.24) is 29.9 Å². The van der Waals surface area contributed by atoms with Crippen molar-refractivity contribution >= 4 is 17.3 Å². The second-order valence-electron chi connectivity index (χ2n) is 11.1. The monoisotopic (exact) mass is 640 g/mol. The first-order chi connectivity index (χ1) is 23.0.